The maximum atomic E-state index is 5.37. The van der Waals surface area contributed by atoms with Gasteiger partial charge in [-0.2, -0.15) is 0 Å². The summed E-state index contributed by atoms with van der Waals surface area (Å²) in [6.45, 7) is 4.46. The number of ether oxygens (including phenoxy) is 1. The van der Waals surface area contributed by atoms with Crippen molar-refractivity contribution in [2.24, 2.45) is 0 Å². The second-order valence-corrected chi connectivity index (χ2v) is 5.64. The second kappa shape index (κ2) is 7.89. The lowest BCUT2D eigenvalue weighted by molar-refractivity contribution is 0.413. The van der Waals surface area contributed by atoms with Crippen LogP contribution in [0.2, 0.25) is 0 Å². The fourth-order valence-corrected chi connectivity index (χ4v) is 2.56. The molecule has 0 amide bonds. The Morgan fingerprint density at radius 3 is 2.48 bits per heavy atom. The van der Waals surface area contributed by atoms with Gasteiger partial charge in [0, 0.05) is 18.5 Å². The minimum Gasteiger partial charge on any atom is -0.497 e. The molecule has 2 rings (SSSR count). The zero-order valence-corrected chi connectivity index (χ0v) is 13.1. The summed E-state index contributed by atoms with van der Waals surface area (Å²) >= 11 is 0. The normalized spacial score (nSPS) is 13.9. The molecule has 3 heteroatoms. The fourth-order valence-electron chi connectivity index (χ4n) is 2.56. The smallest absolute Gasteiger partial charge is 0.118 e. The molecule has 1 N–H and O–H groups in total. The molecule has 3 nitrogen and oxygen atoms in total. The Balaban J connectivity index is 1.73. The van der Waals surface area contributed by atoms with Crippen molar-refractivity contribution in [3.05, 3.63) is 54.0 Å². The molecule has 0 saturated carbocycles. The van der Waals surface area contributed by atoms with E-state index in [1.165, 1.54) is 5.56 Å². The zero-order chi connectivity index (χ0) is 15.1. The Labute approximate surface area is 127 Å². The first kappa shape index (κ1) is 15.6. The van der Waals surface area contributed by atoms with Gasteiger partial charge in [-0.3, -0.25) is 0 Å². The molecule has 0 aliphatic carbocycles. The Hall–Kier alpha value is -1.74. The Morgan fingerprint density at radius 1 is 1.10 bits per heavy atom. The van der Waals surface area contributed by atoms with Crippen LogP contribution in [0, 0.1) is 0 Å². The highest BCUT2D eigenvalue weighted by molar-refractivity contribution is 5.27. The third-order valence-electron chi connectivity index (χ3n) is 3.67. The maximum absolute atomic E-state index is 5.37. The van der Waals surface area contributed by atoms with Gasteiger partial charge in [0.2, 0.25) is 0 Å². The van der Waals surface area contributed by atoms with Gasteiger partial charge in [-0.15, -0.1) is 0 Å². The van der Waals surface area contributed by atoms with Gasteiger partial charge in [0.05, 0.1) is 13.4 Å². The average molecular weight is 287 g/mol. The topological polar surface area (TPSA) is 34.4 Å². The van der Waals surface area contributed by atoms with Crippen molar-refractivity contribution in [2.75, 3.05) is 7.11 Å². The van der Waals surface area contributed by atoms with Crippen LogP contribution in [0.25, 0.3) is 0 Å². The van der Waals surface area contributed by atoms with Crippen LogP contribution in [0.4, 0.5) is 0 Å². The van der Waals surface area contributed by atoms with Crippen LogP contribution in [0.1, 0.15) is 31.6 Å². The molecule has 2 aromatic rings. The van der Waals surface area contributed by atoms with Crippen LogP contribution in [-0.2, 0) is 12.8 Å². The number of hydrogen-bond acceptors (Lipinski definition) is 3. The van der Waals surface area contributed by atoms with Gasteiger partial charge < -0.3 is 14.5 Å². The van der Waals surface area contributed by atoms with E-state index in [-0.39, 0.29) is 0 Å². The highest BCUT2D eigenvalue weighted by Gasteiger charge is 2.09. The number of hydrogen-bond donors (Lipinski definition) is 1. The van der Waals surface area contributed by atoms with Crippen molar-refractivity contribution >= 4 is 0 Å². The van der Waals surface area contributed by atoms with E-state index in [1.54, 1.807) is 13.4 Å². The molecule has 0 bridgehead atoms. The highest BCUT2D eigenvalue weighted by Crippen LogP contribution is 2.13. The first-order valence-electron chi connectivity index (χ1n) is 7.58. The average Bonchev–Trinajstić information content (AvgIpc) is 2.99. The summed E-state index contributed by atoms with van der Waals surface area (Å²) in [5.74, 6) is 1.97. The molecule has 0 radical (unpaired) electrons. The van der Waals surface area contributed by atoms with Crippen molar-refractivity contribution in [2.45, 2.75) is 45.2 Å². The summed E-state index contributed by atoms with van der Waals surface area (Å²) in [7, 11) is 1.69. The number of methoxy groups -OCH3 is 1. The molecular formula is C18H25NO2. The van der Waals surface area contributed by atoms with Gasteiger partial charge in [-0.25, -0.2) is 0 Å². The second-order valence-electron chi connectivity index (χ2n) is 5.64. The van der Waals surface area contributed by atoms with Crippen LogP contribution in [0.3, 0.4) is 0 Å². The summed E-state index contributed by atoms with van der Waals surface area (Å²) in [4.78, 5) is 0. The molecule has 0 saturated heterocycles. The number of furan rings is 1. The van der Waals surface area contributed by atoms with E-state index in [0.717, 1.165) is 30.8 Å². The molecule has 1 aromatic heterocycles. The standard InChI is InChI=1S/C18H25NO2/c1-14(6-9-18-5-4-12-21-18)19-15(2)13-16-7-10-17(20-3)11-8-16/h4-5,7-8,10-12,14-15,19H,6,9,13H2,1-3H3. The van der Waals surface area contributed by atoms with E-state index in [1.807, 2.05) is 24.3 Å². The summed E-state index contributed by atoms with van der Waals surface area (Å²) in [5.41, 5.74) is 1.33. The number of benzene rings is 1. The van der Waals surface area contributed by atoms with Crippen molar-refractivity contribution < 1.29 is 9.15 Å². The molecule has 21 heavy (non-hydrogen) atoms. The van der Waals surface area contributed by atoms with Crippen molar-refractivity contribution in [3.63, 3.8) is 0 Å². The van der Waals surface area contributed by atoms with E-state index in [2.05, 4.69) is 31.3 Å². The molecule has 0 spiro atoms. The molecule has 1 aromatic carbocycles. The molecule has 2 unspecified atom stereocenters. The van der Waals surface area contributed by atoms with E-state index in [9.17, 15) is 0 Å². The summed E-state index contributed by atoms with van der Waals surface area (Å²) < 4.78 is 10.5. The molecular weight excluding hydrogens is 262 g/mol. The SMILES string of the molecule is COc1ccc(CC(C)NC(C)CCc2ccco2)cc1. The minimum absolute atomic E-state index is 0.449. The van der Waals surface area contributed by atoms with Gasteiger partial charge in [0.1, 0.15) is 11.5 Å². The third kappa shape index (κ3) is 5.27. The maximum Gasteiger partial charge on any atom is 0.118 e. The lowest BCUT2D eigenvalue weighted by atomic mass is 10.0. The van der Waals surface area contributed by atoms with Crippen molar-refractivity contribution in [3.8, 4) is 5.75 Å². The largest absolute Gasteiger partial charge is 0.497 e. The molecule has 0 aliphatic heterocycles. The summed E-state index contributed by atoms with van der Waals surface area (Å²) in [6.07, 6.45) is 4.83. The van der Waals surface area contributed by atoms with E-state index in [0.29, 0.717) is 12.1 Å². The Bertz CT molecular complexity index is 505. The predicted molar refractivity (Wildman–Crippen MR) is 85.8 cm³/mol. The van der Waals surface area contributed by atoms with Gasteiger partial charge in [-0.05, 0) is 56.5 Å². The Kier molecular flexibility index (Phi) is 5.88. The monoisotopic (exact) mass is 287 g/mol. The van der Waals surface area contributed by atoms with Crippen LogP contribution in [-0.4, -0.2) is 19.2 Å². The first-order valence-corrected chi connectivity index (χ1v) is 7.58. The van der Waals surface area contributed by atoms with Crippen LogP contribution >= 0.6 is 0 Å². The molecule has 0 fully saturated rings. The van der Waals surface area contributed by atoms with E-state index in [4.69, 9.17) is 9.15 Å². The van der Waals surface area contributed by atoms with Crippen LogP contribution in [0.5, 0.6) is 5.75 Å². The van der Waals surface area contributed by atoms with E-state index < -0.39 is 0 Å². The summed E-state index contributed by atoms with van der Waals surface area (Å²) in [5, 5.41) is 3.65. The predicted octanol–water partition coefficient (Wildman–Crippen LogP) is 3.83. The molecule has 1 heterocycles. The quantitative estimate of drug-likeness (QED) is 0.801. The highest BCUT2D eigenvalue weighted by atomic mass is 16.5. The minimum atomic E-state index is 0.449. The van der Waals surface area contributed by atoms with Crippen molar-refractivity contribution in [1.29, 1.82) is 0 Å². The van der Waals surface area contributed by atoms with Gasteiger partial charge in [0.15, 0.2) is 0 Å². The lowest BCUT2D eigenvalue weighted by Crippen LogP contribution is -2.36. The Morgan fingerprint density at radius 2 is 1.86 bits per heavy atom. The summed E-state index contributed by atoms with van der Waals surface area (Å²) in [6, 6.07) is 13.2. The molecule has 114 valence electrons. The van der Waals surface area contributed by atoms with Gasteiger partial charge >= 0.3 is 0 Å². The number of nitrogens with one attached hydrogen (secondary N) is 1. The third-order valence-corrected chi connectivity index (χ3v) is 3.67. The van der Waals surface area contributed by atoms with Gasteiger partial charge in [-0.1, -0.05) is 12.1 Å². The molecule has 2 atom stereocenters. The number of aryl methyl sites for hydroxylation is 1. The number of rotatable bonds is 8. The molecule has 0 aliphatic rings. The van der Waals surface area contributed by atoms with Crippen LogP contribution < -0.4 is 10.1 Å². The zero-order valence-electron chi connectivity index (χ0n) is 13.1. The van der Waals surface area contributed by atoms with Gasteiger partial charge in [0.25, 0.3) is 0 Å². The first-order chi connectivity index (χ1) is 10.2. The fraction of sp³-hybridized carbons (Fsp3) is 0.444. The van der Waals surface area contributed by atoms with Crippen molar-refractivity contribution in [1.82, 2.24) is 5.32 Å². The lowest BCUT2D eigenvalue weighted by Gasteiger charge is -2.20. The van der Waals surface area contributed by atoms with Crippen LogP contribution in [0.15, 0.2) is 47.1 Å². The van der Waals surface area contributed by atoms with E-state index >= 15 is 0 Å².